The van der Waals surface area contributed by atoms with E-state index in [9.17, 15) is 52.7 Å². The largest absolute Gasteiger partial charge is 0.327 e. The third-order valence-corrected chi connectivity index (χ3v) is 10.7. The summed E-state index contributed by atoms with van der Waals surface area (Å²) in [6.45, 7) is 0. The maximum Gasteiger partial charge on any atom is 0.239 e. The number of aromatic amines is 4. The van der Waals surface area contributed by atoms with Crippen molar-refractivity contribution in [3.8, 4) is 0 Å². The van der Waals surface area contributed by atoms with Crippen LogP contribution in [0.25, 0.3) is 0 Å². The van der Waals surface area contributed by atoms with Crippen LogP contribution in [-0.4, -0.2) is 19.9 Å². The zero-order valence-electron chi connectivity index (χ0n) is 32.2. The fourth-order valence-corrected chi connectivity index (χ4v) is 7.70. The molecule has 1 aliphatic heterocycles. The van der Waals surface area contributed by atoms with E-state index in [-0.39, 0.29) is 0 Å². The number of fused-ring (bicyclic) bond motifs is 8. The van der Waals surface area contributed by atoms with Crippen molar-refractivity contribution >= 4 is 0 Å². The van der Waals surface area contributed by atoms with Crippen molar-refractivity contribution in [3.63, 3.8) is 0 Å². The Bertz CT molecular complexity index is 2780. The minimum Gasteiger partial charge on any atom is -0.327 e. The van der Waals surface area contributed by atoms with E-state index in [4.69, 9.17) is 0 Å². The van der Waals surface area contributed by atoms with E-state index in [0.717, 1.165) is 0 Å². The highest BCUT2D eigenvalue weighted by molar-refractivity contribution is 5.65. The van der Waals surface area contributed by atoms with Gasteiger partial charge in [0, 0.05) is 0 Å². The minimum absolute atomic E-state index is 0.662. The molecule has 24 heteroatoms. The molecule has 4 nitrogen and oxygen atoms in total. The number of rotatable bonds is 4. The van der Waals surface area contributed by atoms with E-state index in [2.05, 4.69) is 19.9 Å². The van der Waals surface area contributed by atoms with Gasteiger partial charge in [0.1, 0.15) is 69.2 Å². The lowest BCUT2D eigenvalue weighted by Crippen LogP contribution is -2.19. The highest BCUT2D eigenvalue weighted by Gasteiger charge is 2.48. The van der Waals surface area contributed by atoms with Gasteiger partial charge in [-0.1, -0.05) is 0 Å². The number of hydrogen-bond acceptors (Lipinski definition) is 0. The first-order valence-corrected chi connectivity index (χ1v) is 18.4. The van der Waals surface area contributed by atoms with Gasteiger partial charge in [0.15, 0.2) is 22.3 Å². The van der Waals surface area contributed by atoms with Crippen LogP contribution in [0, 0.1) is 140 Å². The first kappa shape index (κ1) is 45.2. The molecule has 0 saturated heterocycles. The van der Waals surface area contributed by atoms with Gasteiger partial charge in [-0.25, -0.2) is 0 Å². The predicted octanol–water partition coefficient (Wildman–Crippen LogP) is 12.2. The Morgan fingerprint density at radius 3 is 0.397 bits per heavy atom. The Morgan fingerprint density at radius 2 is 0.279 bits per heavy atom. The molecule has 0 atom stereocenters. The van der Waals surface area contributed by atoms with Gasteiger partial charge < -0.3 is 19.9 Å². The third kappa shape index (κ3) is 6.39. The first-order chi connectivity index (χ1) is 32.1. The lowest BCUT2D eigenvalue weighted by Gasteiger charge is -2.15. The summed E-state index contributed by atoms with van der Waals surface area (Å²) < 4.78 is 303. The zero-order valence-corrected chi connectivity index (χ0v) is 32.2. The molecule has 0 amide bonds. The predicted molar refractivity (Wildman–Crippen MR) is 190 cm³/mol. The van der Waals surface area contributed by atoms with Crippen molar-refractivity contribution < 1.29 is 87.8 Å². The van der Waals surface area contributed by atoms with Crippen molar-refractivity contribution in [2.45, 2.75) is 0 Å². The zero-order chi connectivity index (χ0) is 49.3. The van der Waals surface area contributed by atoms with Gasteiger partial charge in [-0.3, -0.25) is 0 Å². The first-order valence-electron chi connectivity index (χ1n) is 18.4. The van der Waals surface area contributed by atoms with E-state index in [1.54, 1.807) is 0 Å². The third-order valence-electron chi connectivity index (χ3n) is 10.7. The molecule has 8 aromatic rings. The molecular formula is C44H12F20N4+4. The molecule has 4 aromatic heterocycles. The number of nitrogens with one attached hydrogen (secondary N) is 4. The van der Waals surface area contributed by atoms with Crippen LogP contribution in [0.3, 0.4) is 0 Å². The van der Waals surface area contributed by atoms with Crippen LogP contribution in [0.2, 0.25) is 0 Å². The summed E-state index contributed by atoms with van der Waals surface area (Å²) in [5, 5.41) is 0. The molecular weight excluding hydrogens is 964 g/mol. The second-order valence-electron chi connectivity index (χ2n) is 14.4. The van der Waals surface area contributed by atoms with Crippen LogP contribution < -0.4 is 0 Å². The Labute approximate surface area is 363 Å². The lowest BCUT2D eigenvalue weighted by atomic mass is 9.90. The van der Waals surface area contributed by atoms with Crippen LogP contribution in [0.15, 0.2) is 48.5 Å². The normalized spacial score (nSPS) is 12.9. The quantitative estimate of drug-likeness (QED) is 0.0588. The van der Waals surface area contributed by atoms with E-state index < -0.39 is 208 Å². The summed E-state index contributed by atoms with van der Waals surface area (Å²) in [5.74, 6) is -57.0. The van der Waals surface area contributed by atoms with Crippen molar-refractivity contribution in [1.29, 1.82) is 0 Å². The average molecular weight is 977 g/mol. The molecule has 4 aromatic carbocycles. The number of hydrogen-bond donors (Lipinski definition) is 4. The average Bonchev–Trinajstić information content (AvgIpc) is 4.18. The Kier molecular flexibility index (Phi) is 10.6. The van der Waals surface area contributed by atoms with Crippen LogP contribution in [0.4, 0.5) is 87.8 Å². The second-order valence-corrected chi connectivity index (χ2v) is 14.4. The maximum absolute atomic E-state index is 15.8. The summed E-state index contributed by atoms with van der Waals surface area (Å²) >= 11 is 0. The Morgan fingerprint density at radius 1 is 0.176 bits per heavy atom. The molecule has 1 aliphatic rings. The van der Waals surface area contributed by atoms with Crippen LogP contribution >= 0.6 is 0 Å². The fourth-order valence-electron chi connectivity index (χ4n) is 7.70. The Hall–Kier alpha value is -7.92. The molecule has 5 heterocycles. The van der Waals surface area contributed by atoms with Crippen molar-refractivity contribution in [1.82, 2.24) is 19.9 Å². The number of benzene rings is 4. The molecule has 344 valence electrons. The van der Waals surface area contributed by atoms with Gasteiger partial charge in [0.05, 0.1) is 48.5 Å². The SMILES string of the molecule is Fc1c(F)c(F)c([C+]2c3ccc([nH]3)[C+](c3c(F)c(F)c(F)c(F)c3F)c3ccc([nH]3)[C+](c3c(F)c(F)c(F)c(F)c3F)c3ccc([nH]3)[C+](c3c(F)c(F)c(F)c(F)c3F)c3ccc2[nH]3)c(F)c1F. The summed E-state index contributed by atoms with van der Waals surface area (Å²) in [6, 6.07) is 5.29. The highest BCUT2D eigenvalue weighted by Crippen LogP contribution is 2.45. The molecule has 68 heavy (non-hydrogen) atoms. The van der Waals surface area contributed by atoms with E-state index in [1.807, 2.05) is 0 Å². The summed E-state index contributed by atoms with van der Waals surface area (Å²) in [6.07, 6.45) is 0. The Balaban J connectivity index is 1.42. The summed E-state index contributed by atoms with van der Waals surface area (Å²) in [5.41, 5.74) is -14.5. The monoisotopic (exact) mass is 976 g/mol. The molecule has 0 saturated carbocycles. The molecule has 0 spiro atoms. The van der Waals surface area contributed by atoms with Crippen molar-refractivity contribution in [2.75, 3.05) is 0 Å². The van der Waals surface area contributed by atoms with Gasteiger partial charge in [-0.15, -0.1) is 0 Å². The smallest absolute Gasteiger partial charge is 0.239 e. The van der Waals surface area contributed by atoms with Crippen LogP contribution in [-0.2, 0) is 0 Å². The van der Waals surface area contributed by atoms with Gasteiger partial charge in [0.25, 0.3) is 0 Å². The van der Waals surface area contributed by atoms with Crippen molar-refractivity contribution in [3.05, 3.63) is 256 Å². The highest BCUT2D eigenvalue weighted by atomic mass is 19.2. The van der Waals surface area contributed by atoms with Gasteiger partial charge in [0.2, 0.25) is 116 Å². The number of halogens is 20. The number of aromatic nitrogens is 4. The van der Waals surface area contributed by atoms with E-state index >= 15 is 35.1 Å². The summed E-state index contributed by atoms with van der Waals surface area (Å²) in [4.78, 5) is 9.09. The van der Waals surface area contributed by atoms with E-state index in [0.29, 0.717) is 48.5 Å². The van der Waals surface area contributed by atoms with E-state index in [1.165, 1.54) is 0 Å². The standard InChI is InChI=1S/C44H12F20N4/c45-25-21(26(46)34(54)41(61)33(25)53)17-9-1-2-10(65-9)18(22-27(47)35(55)42(62)36(56)28(22)48)12-5-6-14(67-12)20(24-31(51)39(59)44(64)40(60)32(24)52)16-8-7-15(68-16)19(13-4-3-11(17)66-13)23-29(49)37(57)43(63)38(58)30(23)50/h1-8,65-68H/q+4. The maximum atomic E-state index is 15.8. The topological polar surface area (TPSA) is 63.2 Å². The molecule has 0 radical (unpaired) electrons. The van der Waals surface area contributed by atoms with Crippen molar-refractivity contribution in [2.24, 2.45) is 0 Å². The molecule has 0 unspecified atom stereocenters. The molecule has 4 N–H and O–H groups in total. The molecule has 0 fully saturated rings. The fraction of sp³-hybridized carbons (Fsp3) is 0. The molecule has 8 bridgehead atoms. The van der Waals surface area contributed by atoms with Crippen LogP contribution in [0.1, 0.15) is 67.8 Å². The van der Waals surface area contributed by atoms with Gasteiger partial charge in [-0.2, -0.15) is 87.8 Å². The van der Waals surface area contributed by atoms with Crippen LogP contribution in [0.5, 0.6) is 0 Å². The van der Waals surface area contributed by atoms with Gasteiger partial charge >= 0.3 is 0 Å². The van der Waals surface area contributed by atoms with Gasteiger partial charge in [-0.05, 0) is 0 Å². The molecule has 0 aliphatic carbocycles. The second kappa shape index (κ2) is 15.9. The minimum atomic E-state index is -2.70. The number of H-pyrrole nitrogens is 4. The molecule has 9 rings (SSSR count). The summed E-state index contributed by atoms with van der Waals surface area (Å²) in [7, 11) is 0. The lowest BCUT2D eigenvalue weighted by molar-refractivity contribution is 0.373.